The van der Waals surface area contributed by atoms with E-state index in [-0.39, 0.29) is 49.3 Å². The van der Waals surface area contributed by atoms with E-state index in [1.807, 2.05) is 20.8 Å². The molecule has 1 fully saturated rings. The van der Waals surface area contributed by atoms with Crippen LogP contribution >= 0.6 is 23.2 Å². The maximum Gasteiger partial charge on any atom is 0.248 e. The van der Waals surface area contributed by atoms with Gasteiger partial charge in [0.25, 0.3) is 0 Å². The Balaban J connectivity index is 1.72. The highest BCUT2D eigenvalue weighted by molar-refractivity contribution is 6.31. The third-order valence-electron chi connectivity index (χ3n) is 8.07. The lowest BCUT2D eigenvalue weighted by atomic mass is 9.62. The van der Waals surface area contributed by atoms with Crippen molar-refractivity contribution in [1.29, 1.82) is 0 Å². The van der Waals surface area contributed by atoms with Crippen LogP contribution in [0.3, 0.4) is 0 Å². The van der Waals surface area contributed by atoms with Crippen LogP contribution in [0.5, 0.6) is 5.75 Å². The molecule has 0 aliphatic carbocycles. The Hall–Kier alpha value is -3.73. The number of primary amides is 1. The van der Waals surface area contributed by atoms with E-state index in [4.69, 9.17) is 33.7 Å². The van der Waals surface area contributed by atoms with Gasteiger partial charge in [0.2, 0.25) is 17.7 Å². The average Bonchev–Trinajstić information content (AvgIpc) is 3.42. The summed E-state index contributed by atoms with van der Waals surface area (Å²) in [7, 11) is 1.36. The van der Waals surface area contributed by atoms with Gasteiger partial charge in [-0.25, -0.2) is 8.78 Å². The number of anilines is 2. The normalized spacial score (nSPS) is 22.8. The minimum atomic E-state index is -1.64. The zero-order chi connectivity index (χ0) is 31.4. The quantitative estimate of drug-likeness (QED) is 0.275. The van der Waals surface area contributed by atoms with Crippen molar-refractivity contribution >= 4 is 52.3 Å². The molecule has 0 aromatic heterocycles. The number of hydrogen-bond acceptors (Lipinski definition) is 5. The number of carbonyl (C=O) groups is 3. The van der Waals surface area contributed by atoms with Gasteiger partial charge in [-0.05, 0) is 53.3 Å². The van der Waals surface area contributed by atoms with Crippen molar-refractivity contribution in [2.24, 2.45) is 11.1 Å². The molecule has 8 nitrogen and oxygen atoms in total. The molecule has 226 valence electrons. The van der Waals surface area contributed by atoms with E-state index in [0.717, 1.165) is 0 Å². The molecule has 3 amide bonds. The van der Waals surface area contributed by atoms with E-state index in [9.17, 15) is 14.4 Å². The van der Waals surface area contributed by atoms with Gasteiger partial charge in [-0.15, -0.1) is 0 Å². The molecule has 1 spiro atoms. The van der Waals surface area contributed by atoms with Crippen molar-refractivity contribution in [3.63, 3.8) is 0 Å². The summed E-state index contributed by atoms with van der Waals surface area (Å²) in [5.41, 5.74) is 3.90. The number of amides is 3. The number of nitrogens with two attached hydrogens (primary N) is 1. The lowest BCUT2D eigenvalue weighted by Gasteiger charge is -2.37. The van der Waals surface area contributed by atoms with Gasteiger partial charge < -0.3 is 26.4 Å². The number of halogens is 4. The van der Waals surface area contributed by atoms with Crippen molar-refractivity contribution < 1.29 is 27.9 Å². The summed E-state index contributed by atoms with van der Waals surface area (Å²) in [6.45, 7) is 5.89. The molecule has 0 saturated carbocycles. The SMILES string of the molecule is COc1cc(C(N)=O)ccc1NC(=O)[C@@H]1NC(CC(C)(C)C)[C@@]2(C(=O)Nc3c2ccc(Cl)c3F)[C@H]1c1cccc(Cl)c1F. The third kappa shape index (κ3) is 5.11. The van der Waals surface area contributed by atoms with Gasteiger partial charge in [-0.2, -0.15) is 0 Å². The topological polar surface area (TPSA) is 123 Å². The molecule has 5 N–H and O–H groups in total. The Kier molecular flexibility index (Phi) is 7.91. The number of rotatable bonds is 6. The second kappa shape index (κ2) is 11.1. The predicted molar refractivity (Wildman–Crippen MR) is 161 cm³/mol. The van der Waals surface area contributed by atoms with Crippen molar-refractivity contribution in [3.8, 4) is 5.75 Å². The minimum Gasteiger partial charge on any atom is -0.495 e. The second-order valence-electron chi connectivity index (χ2n) is 12.0. The summed E-state index contributed by atoms with van der Waals surface area (Å²) in [6, 6.07) is 9.54. The molecule has 5 rings (SSSR count). The fourth-order valence-electron chi connectivity index (χ4n) is 6.34. The summed E-state index contributed by atoms with van der Waals surface area (Å²) in [5.74, 6) is -4.56. The van der Waals surface area contributed by atoms with E-state index in [1.165, 1.54) is 55.6 Å². The van der Waals surface area contributed by atoms with Gasteiger partial charge in [-0.3, -0.25) is 14.4 Å². The lowest BCUT2D eigenvalue weighted by molar-refractivity contribution is -0.122. The Morgan fingerprint density at radius 2 is 1.77 bits per heavy atom. The van der Waals surface area contributed by atoms with E-state index >= 15 is 8.78 Å². The summed E-state index contributed by atoms with van der Waals surface area (Å²) >= 11 is 12.3. The molecule has 2 aliphatic rings. The van der Waals surface area contributed by atoms with Crippen LogP contribution in [0.1, 0.15) is 54.6 Å². The molecule has 2 heterocycles. The first-order valence-electron chi connectivity index (χ1n) is 13.5. The number of fused-ring (bicyclic) bond motifs is 2. The monoisotopic (exact) mass is 630 g/mol. The molecule has 12 heteroatoms. The molecule has 0 bridgehead atoms. The summed E-state index contributed by atoms with van der Waals surface area (Å²) in [4.78, 5) is 40.1. The lowest BCUT2D eigenvalue weighted by Crippen LogP contribution is -2.49. The van der Waals surface area contributed by atoms with Gasteiger partial charge in [0.15, 0.2) is 5.82 Å². The molecule has 3 aromatic carbocycles. The first-order chi connectivity index (χ1) is 20.2. The van der Waals surface area contributed by atoms with Crippen LogP contribution < -0.4 is 26.4 Å². The number of hydrogen-bond donors (Lipinski definition) is 4. The van der Waals surface area contributed by atoms with E-state index in [0.29, 0.717) is 6.42 Å². The maximum absolute atomic E-state index is 15.9. The molecular weight excluding hydrogens is 601 g/mol. The minimum absolute atomic E-state index is 0.00552. The van der Waals surface area contributed by atoms with Crippen LogP contribution in [0.25, 0.3) is 0 Å². The van der Waals surface area contributed by atoms with Crippen LogP contribution in [-0.4, -0.2) is 36.9 Å². The molecule has 1 unspecified atom stereocenters. The summed E-state index contributed by atoms with van der Waals surface area (Å²) in [6.07, 6.45) is 0.350. The Morgan fingerprint density at radius 3 is 2.42 bits per heavy atom. The zero-order valence-electron chi connectivity index (χ0n) is 23.8. The molecule has 0 radical (unpaired) electrons. The molecule has 2 aliphatic heterocycles. The maximum atomic E-state index is 15.9. The summed E-state index contributed by atoms with van der Waals surface area (Å²) in [5, 5.41) is 8.36. The summed E-state index contributed by atoms with van der Waals surface area (Å²) < 4.78 is 36.7. The van der Waals surface area contributed by atoms with Crippen molar-refractivity contribution in [2.45, 2.75) is 50.6 Å². The fourth-order valence-corrected chi connectivity index (χ4v) is 6.68. The van der Waals surface area contributed by atoms with Crippen LogP contribution in [-0.2, 0) is 15.0 Å². The van der Waals surface area contributed by atoms with E-state index < -0.39 is 52.8 Å². The van der Waals surface area contributed by atoms with Gasteiger partial charge in [0.05, 0.1) is 34.6 Å². The average molecular weight is 632 g/mol. The Morgan fingerprint density at radius 1 is 1.07 bits per heavy atom. The molecule has 1 saturated heterocycles. The van der Waals surface area contributed by atoms with Gasteiger partial charge in [0, 0.05) is 17.5 Å². The number of benzene rings is 3. The highest BCUT2D eigenvalue weighted by atomic mass is 35.5. The van der Waals surface area contributed by atoms with Crippen molar-refractivity contribution in [2.75, 3.05) is 17.7 Å². The number of carbonyl (C=O) groups excluding carboxylic acids is 3. The zero-order valence-corrected chi connectivity index (χ0v) is 25.3. The first-order valence-corrected chi connectivity index (χ1v) is 14.2. The fraction of sp³-hybridized carbons (Fsp3) is 0.323. The predicted octanol–water partition coefficient (Wildman–Crippen LogP) is 5.77. The van der Waals surface area contributed by atoms with Crippen molar-refractivity contribution in [1.82, 2.24) is 5.32 Å². The molecule has 3 aromatic rings. The standard InChI is InChI=1S/C31H30Cl2F2N4O4/c1-30(2,3)13-21-31(16-9-10-18(33)24(35)25(16)39-29(31)42)22(15-6-5-7-17(32)23(15)34)26(38-21)28(41)37-19-11-8-14(27(36)40)12-20(19)43-4/h5-12,21-22,26,38H,13H2,1-4H3,(H2,36,40)(H,37,41)(H,39,42)/t21?,22-,26+,31+/m0/s1. The van der Waals surface area contributed by atoms with Gasteiger partial charge in [-0.1, -0.05) is 62.2 Å². The number of nitrogens with one attached hydrogen (secondary N) is 3. The molecular formula is C31H30Cl2F2N4O4. The third-order valence-corrected chi connectivity index (χ3v) is 8.65. The van der Waals surface area contributed by atoms with Gasteiger partial charge in [0.1, 0.15) is 17.0 Å². The molecule has 4 atom stereocenters. The highest BCUT2D eigenvalue weighted by Gasteiger charge is 2.66. The second-order valence-corrected chi connectivity index (χ2v) is 12.8. The van der Waals surface area contributed by atoms with Crippen LogP contribution in [0.15, 0.2) is 48.5 Å². The number of methoxy groups -OCH3 is 1. The number of ether oxygens (including phenoxy) is 1. The largest absolute Gasteiger partial charge is 0.495 e. The highest BCUT2D eigenvalue weighted by Crippen LogP contribution is 2.57. The van der Waals surface area contributed by atoms with Crippen molar-refractivity contribution in [3.05, 3.63) is 86.9 Å². The van der Waals surface area contributed by atoms with Crippen LogP contribution in [0.4, 0.5) is 20.2 Å². The Labute approximate surface area is 257 Å². The van der Waals surface area contributed by atoms with E-state index in [2.05, 4.69) is 16.0 Å². The smallest absolute Gasteiger partial charge is 0.248 e. The Bertz CT molecular complexity index is 1660. The van der Waals surface area contributed by atoms with Gasteiger partial charge >= 0.3 is 0 Å². The first kappa shape index (κ1) is 30.7. The molecule has 43 heavy (non-hydrogen) atoms. The van der Waals surface area contributed by atoms with E-state index in [1.54, 1.807) is 0 Å². The van der Waals surface area contributed by atoms with Crippen LogP contribution in [0, 0.1) is 17.0 Å². The van der Waals surface area contributed by atoms with Crippen LogP contribution in [0.2, 0.25) is 10.0 Å².